The van der Waals surface area contributed by atoms with E-state index in [0.717, 1.165) is 26.1 Å². The van der Waals surface area contributed by atoms with Crippen LogP contribution in [0.3, 0.4) is 0 Å². The van der Waals surface area contributed by atoms with Gasteiger partial charge in [-0.05, 0) is 19.9 Å². The molecule has 0 heterocycles. The lowest BCUT2D eigenvalue weighted by atomic mass is 10.2. The third-order valence-corrected chi connectivity index (χ3v) is 1.45. The van der Waals surface area contributed by atoms with Crippen LogP contribution in [0.15, 0.2) is 0 Å². The first-order valence-corrected chi connectivity index (χ1v) is 4.06. The summed E-state index contributed by atoms with van der Waals surface area (Å²) in [6.45, 7) is 3.68. The van der Waals surface area contributed by atoms with Gasteiger partial charge < -0.3 is 10.1 Å². The molecular weight excluding hydrogens is 138 g/mol. The molecule has 1 N–H and O–H groups in total. The minimum Gasteiger partial charge on any atom is -0.381 e. The third kappa shape index (κ3) is 5.90. The van der Waals surface area contributed by atoms with E-state index in [0.29, 0.717) is 0 Å². The Morgan fingerprint density at radius 3 is 2.73 bits per heavy atom. The Bertz CT molecular complexity index is 117. The molecule has 0 rings (SSSR count). The number of nitrogens with one attached hydrogen (secondary N) is 1. The van der Waals surface area contributed by atoms with Gasteiger partial charge in [-0.25, -0.2) is 0 Å². The van der Waals surface area contributed by atoms with Gasteiger partial charge in [-0.1, -0.05) is 12.8 Å². The van der Waals surface area contributed by atoms with Crippen molar-refractivity contribution in [3.8, 4) is 12.3 Å². The minimum absolute atomic E-state index is 0.159. The van der Waals surface area contributed by atoms with Gasteiger partial charge in [0.05, 0.1) is 6.04 Å². The van der Waals surface area contributed by atoms with E-state index >= 15 is 0 Å². The van der Waals surface area contributed by atoms with Crippen LogP contribution in [-0.2, 0) is 4.74 Å². The third-order valence-electron chi connectivity index (χ3n) is 1.45. The molecule has 0 spiro atoms. The molecule has 0 aromatic rings. The molecule has 0 bridgehead atoms. The molecule has 1 unspecified atom stereocenters. The van der Waals surface area contributed by atoms with Crippen LogP contribution in [0.2, 0.25) is 0 Å². The van der Waals surface area contributed by atoms with E-state index in [2.05, 4.69) is 18.2 Å². The molecule has 0 saturated heterocycles. The highest BCUT2D eigenvalue weighted by atomic mass is 16.5. The monoisotopic (exact) mass is 155 g/mol. The first-order chi connectivity index (χ1) is 5.35. The number of hydrogen-bond acceptors (Lipinski definition) is 2. The van der Waals surface area contributed by atoms with Crippen molar-refractivity contribution in [3.05, 3.63) is 0 Å². The van der Waals surface area contributed by atoms with Gasteiger partial charge in [-0.2, -0.15) is 0 Å². The highest BCUT2D eigenvalue weighted by Gasteiger charge is 1.98. The maximum absolute atomic E-state index is 5.28. The maximum Gasteiger partial charge on any atom is 0.0706 e. The second-order valence-electron chi connectivity index (χ2n) is 2.41. The minimum atomic E-state index is 0.159. The number of ether oxygens (including phenoxy) is 1. The molecule has 0 aromatic heterocycles. The van der Waals surface area contributed by atoms with Crippen molar-refractivity contribution in [3.63, 3.8) is 0 Å². The van der Waals surface area contributed by atoms with Crippen molar-refractivity contribution in [2.24, 2.45) is 0 Å². The van der Waals surface area contributed by atoms with Crippen molar-refractivity contribution in [1.82, 2.24) is 5.32 Å². The summed E-state index contributed by atoms with van der Waals surface area (Å²) in [7, 11) is 1.87. The Labute approximate surface area is 69.3 Å². The standard InChI is InChI=1S/C9H17NO/c1-4-7-11-8-6-9(5-2)10-3/h2,9-10H,4,6-8H2,1,3H3. The molecule has 0 aliphatic rings. The van der Waals surface area contributed by atoms with Crippen LogP contribution < -0.4 is 5.32 Å². The van der Waals surface area contributed by atoms with Gasteiger partial charge in [-0.3, -0.25) is 0 Å². The van der Waals surface area contributed by atoms with Gasteiger partial charge in [0.25, 0.3) is 0 Å². The largest absolute Gasteiger partial charge is 0.381 e. The molecule has 11 heavy (non-hydrogen) atoms. The number of rotatable bonds is 6. The fourth-order valence-electron chi connectivity index (χ4n) is 0.759. The molecule has 1 atom stereocenters. The summed E-state index contributed by atoms with van der Waals surface area (Å²) < 4.78 is 5.28. The van der Waals surface area contributed by atoms with Crippen LogP contribution in [0.4, 0.5) is 0 Å². The molecule has 0 radical (unpaired) electrons. The fourth-order valence-corrected chi connectivity index (χ4v) is 0.759. The zero-order valence-corrected chi connectivity index (χ0v) is 7.39. The van der Waals surface area contributed by atoms with Crippen LogP contribution in [0.1, 0.15) is 19.8 Å². The Morgan fingerprint density at radius 1 is 1.55 bits per heavy atom. The van der Waals surface area contributed by atoms with Crippen LogP contribution in [0, 0.1) is 12.3 Å². The van der Waals surface area contributed by atoms with Crippen molar-refractivity contribution in [1.29, 1.82) is 0 Å². The van der Waals surface area contributed by atoms with E-state index in [1.54, 1.807) is 0 Å². The van der Waals surface area contributed by atoms with Gasteiger partial charge >= 0.3 is 0 Å². The second kappa shape index (κ2) is 7.59. The highest BCUT2D eigenvalue weighted by molar-refractivity contribution is 4.97. The smallest absolute Gasteiger partial charge is 0.0706 e. The quantitative estimate of drug-likeness (QED) is 0.457. The summed E-state index contributed by atoms with van der Waals surface area (Å²) in [6.07, 6.45) is 7.20. The van der Waals surface area contributed by atoms with E-state index in [9.17, 15) is 0 Å². The predicted octanol–water partition coefficient (Wildman–Crippen LogP) is 1.02. The van der Waals surface area contributed by atoms with Crippen molar-refractivity contribution in [2.75, 3.05) is 20.3 Å². The van der Waals surface area contributed by atoms with E-state index in [-0.39, 0.29) is 6.04 Å². The average Bonchev–Trinajstić information content (AvgIpc) is 2.05. The average molecular weight is 155 g/mol. The predicted molar refractivity (Wildman–Crippen MR) is 47.4 cm³/mol. The zero-order chi connectivity index (χ0) is 8.53. The van der Waals surface area contributed by atoms with Gasteiger partial charge in [0.15, 0.2) is 0 Å². The van der Waals surface area contributed by atoms with Gasteiger partial charge in [0, 0.05) is 13.2 Å². The van der Waals surface area contributed by atoms with E-state index in [1.807, 2.05) is 7.05 Å². The molecule has 2 nitrogen and oxygen atoms in total. The summed E-state index contributed by atoms with van der Waals surface area (Å²) >= 11 is 0. The van der Waals surface area contributed by atoms with Gasteiger partial charge in [0.2, 0.25) is 0 Å². The molecule has 0 amide bonds. The Morgan fingerprint density at radius 2 is 2.27 bits per heavy atom. The summed E-state index contributed by atoms with van der Waals surface area (Å²) in [5, 5.41) is 3.01. The summed E-state index contributed by atoms with van der Waals surface area (Å²) in [5.74, 6) is 2.64. The van der Waals surface area contributed by atoms with Crippen LogP contribution >= 0.6 is 0 Å². The van der Waals surface area contributed by atoms with Crippen molar-refractivity contribution < 1.29 is 4.74 Å². The van der Waals surface area contributed by atoms with Crippen molar-refractivity contribution >= 4 is 0 Å². The Kier molecular flexibility index (Phi) is 7.23. The van der Waals surface area contributed by atoms with E-state index in [4.69, 9.17) is 11.2 Å². The molecule has 0 aliphatic heterocycles. The summed E-state index contributed by atoms with van der Waals surface area (Å²) in [4.78, 5) is 0. The molecule has 0 aromatic carbocycles. The van der Waals surface area contributed by atoms with E-state index < -0.39 is 0 Å². The van der Waals surface area contributed by atoms with Gasteiger partial charge in [-0.15, -0.1) is 6.42 Å². The summed E-state index contributed by atoms with van der Waals surface area (Å²) in [6, 6.07) is 0.159. The summed E-state index contributed by atoms with van der Waals surface area (Å²) in [5.41, 5.74) is 0. The first-order valence-electron chi connectivity index (χ1n) is 4.06. The maximum atomic E-state index is 5.28. The Balaban J connectivity index is 3.16. The molecule has 0 saturated carbocycles. The number of hydrogen-bond donors (Lipinski definition) is 1. The zero-order valence-electron chi connectivity index (χ0n) is 7.39. The topological polar surface area (TPSA) is 21.3 Å². The highest BCUT2D eigenvalue weighted by Crippen LogP contribution is 1.90. The van der Waals surface area contributed by atoms with Gasteiger partial charge in [0.1, 0.15) is 0 Å². The normalized spacial score (nSPS) is 12.5. The first kappa shape index (κ1) is 10.5. The second-order valence-corrected chi connectivity index (χ2v) is 2.41. The molecule has 64 valence electrons. The van der Waals surface area contributed by atoms with Crippen LogP contribution in [-0.4, -0.2) is 26.3 Å². The van der Waals surface area contributed by atoms with E-state index in [1.165, 1.54) is 0 Å². The molecular formula is C9H17NO. The fraction of sp³-hybridized carbons (Fsp3) is 0.778. The van der Waals surface area contributed by atoms with Crippen molar-refractivity contribution in [2.45, 2.75) is 25.8 Å². The van der Waals surface area contributed by atoms with Crippen LogP contribution in [0.25, 0.3) is 0 Å². The lowest BCUT2D eigenvalue weighted by molar-refractivity contribution is 0.129. The lowest BCUT2D eigenvalue weighted by Crippen LogP contribution is -2.24. The van der Waals surface area contributed by atoms with Crippen LogP contribution in [0.5, 0.6) is 0 Å². The molecule has 0 aliphatic carbocycles. The SMILES string of the molecule is C#CC(CCOCCC)NC. The number of terminal acetylenes is 1. The molecule has 2 heteroatoms. The lowest BCUT2D eigenvalue weighted by Gasteiger charge is -2.08. The molecule has 0 fully saturated rings. The Hall–Kier alpha value is -0.520.